The first-order valence-electron chi connectivity index (χ1n) is 9.78. The number of ether oxygens (including phenoxy) is 4. The molecule has 9 heteroatoms. The van der Waals surface area contributed by atoms with Crippen molar-refractivity contribution in [2.75, 3.05) is 35.0 Å². The molecule has 2 aromatic carbocycles. The molecule has 0 saturated heterocycles. The molecule has 1 aromatic heterocycles. The molecule has 0 aliphatic carbocycles. The van der Waals surface area contributed by atoms with Crippen LogP contribution in [0.3, 0.4) is 0 Å². The van der Waals surface area contributed by atoms with Crippen LogP contribution in [0.15, 0.2) is 36.5 Å². The van der Waals surface area contributed by atoms with E-state index in [2.05, 4.69) is 4.37 Å². The number of nitrogens with two attached hydrogens (primary N) is 1. The summed E-state index contributed by atoms with van der Waals surface area (Å²) in [6.07, 6.45) is 1.83. The maximum absolute atomic E-state index is 12.3. The summed E-state index contributed by atoms with van der Waals surface area (Å²) in [7, 11) is 6.24. The Kier molecular flexibility index (Phi) is 7.68. The Morgan fingerprint density at radius 2 is 1.66 bits per heavy atom. The van der Waals surface area contributed by atoms with E-state index < -0.39 is 12.6 Å². The van der Waals surface area contributed by atoms with Crippen LogP contribution < -0.4 is 24.7 Å². The second-order valence-electron chi connectivity index (χ2n) is 6.94. The number of benzene rings is 2. The van der Waals surface area contributed by atoms with E-state index in [1.54, 1.807) is 40.7 Å². The third-order valence-electron chi connectivity index (χ3n) is 5.06. The lowest BCUT2D eigenvalue weighted by Gasteiger charge is -2.15. The van der Waals surface area contributed by atoms with Crippen molar-refractivity contribution in [3.8, 4) is 44.6 Å². The molecule has 8 nitrogen and oxygen atoms in total. The molecule has 0 spiro atoms. The number of carbonyl (C=O) groups excluding carboxylic acids is 1. The molecule has 0 aliphatic rings. The number of ketones is 1. The van der Waals surface area contributed by atoms with Crippen molar-refractivity contribution in [3.63, 3.8) is 0 Å². The molecule has 1 heterocycles. The molecule has 0 fully saturated rings. The molecule has 3 aromatic rings. The average Bonchev–Trinajstić information content (AvgIpc) is 3.32. The third-order valence-corrected chi connectivity index (χ3v) is 5.91. The summed E-state index contributed by atoms with van der Waals surface area (Å²) in [6.45, 7) is -0.402. The zero-order valence-corrected chi connectivity index (χ0v) is 19.2. The van der Waals surface area contributed by atoms with Crippen LogP contribution in [0, 0.1) is 0 Å². The van der Waals surface area contributed by atoms with Crippen LogP contribution in [0.4, 0.5) is 0 Å². The van der Waals surface area contributed by atoms with Gasteiger partial charge in [-0.15, -0.1) is 0 Å². The van der Waals surface area contributed by atoms with Crippen molar-refractivity contribution < 1.29 is 28.8 Å². The minimum atomic E-state index is -0.930. The highest BCUT2D eigenvalue weighted by atomic mass is 32.1. The summed E-state index contributed by atoms with van der Waals surface area (Å²) in [5.74, 6) is 1.90. The van der Waals surface area contributed by atoms with Crippen molar-refractivity contribution in [2.24, 2.45) is 5.73 Å². The van der Waals surface area contributed by atoms with Crippen molar-refractivity contribution >= 4 is 17.3 Å². The predicted octanol–water partition coefficient (Wildman–Crippen LogP) is 2.94. The lowest BCUT2D eigenvalue weighted by atomic mass is 9.97. The molecule has 32 heavy (non-hydrogen) atoms. The van der Waals surface area contributed by atoms with Crippen molar-refractivity contribution in [1.29, 1.82) is 0 Å². The first-order valence-corrected chi connectivity index (χ1v) is 10.6. The van der Waals surface area contributed by atoms with Crippen LogP contribution in [0.5, 0.6) is 23.0 Å². The molecular weight excluding hydrogens is 432 g/mol. The fraction of sp³-hybridized carbons (Fsp3) is 0.304. The Bertz CT molecular complexity index is 1070. The Labute approximate surface area is 190 Å². The summed E-state index contributed by atoms with van der Waals surface area (Å²) in [5.41, 5.74) is 8.97. The van der Waals surface area contributed by atoms with Crippen LogP contribution in [0.2, 0.25) is 0 Å². The summed E-state index contributed by atoms with van der Waals surface area (Å²) >= 11 is 1.33. The van der Waals surface area contributed by atoms with Crippen LogP contribution in [0.1, 0.15) is 5.56 Å². The Morgan fingerprint density at radius 3 is 2.22 bits per heavy atom. The number of nitrogens with zero attached hydrogens (tertiary/aromatic N) is 1. The van der Waals surface area contributed by atoms with Crippen LogP contribution in [-0.4, -0.2) is 56.4 Å². The number of aromatic nitrogens is 1. The highest BCUT2D eigenvalue weighted by Gasteiger charge is 2.20. The van der Waals surface area contributed by atoms with E-state index in [1.807, 2.05) is 24.3 Å². The summed E-state index contributed by atoms with van der Waals surface area (Å²) in [6, 6.07) is 8.40. The number of carbonyl (C=O) groups is 1. The maximum Gasteiger partial charge on any atom is 0.203 e. The average molecular weight is 459 g/mol. The van der Waals surface area contributed by atoms with Crippen molar-refractivity contribution in [2.45, 2.75) is 12.5 Å². The molecule has 0 bridgehead atoms. The molecule has 0 aliphatic heterocycles. The molecule has 3 N–H and O–H groups in total. The van der Waals surface area contributed by atoms with Crippen molar-refractivity contribution in [1.82, 2.24) is 4.37 Å². The fourth-order valence-corrected chi connectivity index (χ4v) is 4.13. The molecular formula is C23H26N2O6S. The number of hydrogen-bond donors (Lipinski definition) is 2. The van der Waals surface area contributed by atoms with Crippen LogP contribution in [-0.2, 0) is 11.2 Å². The first kappa shape index (κ1) is 23.5. The van der Waals surface area contributed by atoms with Gasteiger partial charge in [-0.05, 0) is 41.4 Å². The van der Waals surface area contributed by atoms with Gasteiger partial charge in [0.2, 0.25) is 5.75 Å². The number of aliphatic hydroxyl groups is 1. The molecule has 3 rings (SSSR count). The predicted molar refractivity (Wildman–Crippen MR) is 123 cm³/mol. The second kappa shape index (κ2) is 10.4. The van der Waals surface area contributed by atoms with Gasteiger partial charge in [0.05, 0.1) is 46.0 Å². The van der Waals surface area contributed by atoms with Gasteiger partial charge in [0.15, 0.2) is 17.3 Å². The highest BCUT2D eigenvalue weighted by Crippen LogP contribution is 2.44. The molecule has 0 radical (unpaired) electrons. The zero-order chi connectivity index (χ0) is 23.3. The van der Waals surface area contributed by atoms with Gasteiger partial charge >= 0.3 is 0 Å². The van der Waals surface area contributed by atoms with Gasteiger partial charge in [0, 0.05) is 29.3 Å². The number of rotatable bonds is 10. The molecule has 1 atom stereocenters. The second-order valence-corrected chi connectivity index (χ2v) is 7.74. The lowest BCUT2D eigenvalue weighted by Crippen LogP contribution is -2.35. The van der Waals surface area contributed by atoms with Crippen LogP contribution in [0.25, 0.3) is 21.6 Å². The summed E-state index contributed by atoms with van der Waals surface area (Å²) in [4.78, 5) is 13.2. The largest absolute Gasteiger partial charge is 0.496 e. The first-order chi connectivity index (χ1) is 15.5. The van der Waals surface area contributed by atoms with Gasteiger partial charge in [-0.25, -0.2) is 0 Å². The van der Waals surface area contributed by atoms with Crippen LogP contribution >= 0.6 is 11.5 Å². The number of aliphatic hydroxyl groups excluding tert-OH is 1. The Balaban J connectivity index is 2.07. The normalized spacial score (nSPS) is 11.7. The zero-order valence-electron chi connectivity index (χ0n) is 18.4. The monoisotopic (exact) mass is 458 g/mol. The van der Waals surface area contributed by atoms with E-state index >= 15 is 0 Å². The van der Waals surface area contributed by atoms with Gasteiger partial charge in [0.1, 0.15) is 5.75 Å². The fourth-order valence-electron chi connectivity index (χ4n) is 3.37. The van der Waals surface area contributed by atoms with Gasteiger partial charge in [-0.2, -0.15) is 4.37 Å². The minimum absolute atomic E-state index is 0.0514. The van der Waals surface area contributed by atoms with Crippen molar-refractivity contribution in [3.05, 3.63) is 42.1 Å². The molecule has 0 saturated carbocycles. The Hall–Kier alpha value is -3.14. The highest BCUT2D eigenvalue weighted by molar-refractivity contribution is 7.10. The Morgan fingerprint density at radius 1 is 1.00 bits per heavy atom. The van der Waals surface area contributed by atoms with E-state index in [1.165, 1.54) is 11.5 Å². The van der Waals surface area contributed by atoms with Gasteiger partial charge in [-0.1, -0.05) is 6.07 Å². The summed E-state index contributed by atoms with van der Waals surface area (Å²) < 4.78 is 26.2. The SMILES string of the molecule is COc1ccc(-c2cnsc2-c2cc(OC)c(OC)c(OC)c2)cc1CC(=O)C(N)CO. The lowest BCUT2D eigenvalue weighted by molar-refractivity contribution is -0.120. The smallest absolute Gasteiger partial charge is 0.203 e. The quantitative estimate of drug-likeness (QED) is 0.477. The van der Waals surface area contributed by atoms with Gasteiger partial charge in [-0.3, -0.25) is 4.79 Å². The molecule has 0 amide bonds. The number of hydrogen-bond acceptors (Lipinski definition) is 9. The molecule has 1 unspecified atom stereocenters. The van der Waals surface area contributed by atoms with Gasteiger partial charge < -0.3 is 29.8 Å². The number of Topliss-reactive ketones (excluding diaryl/α,β-unsaturated/α-hetero) is 1. The molecule has 170 valence electrons. The standard InChI is InChI=1S/C23H26N2O6S/c1-28-19-6-5-13(7-14(19)8-18(27)17(24)12-26)16-11-25-32-23(16)15-9-20(29-2)22(31-4)21(10-15)30-3/h5-7,9-11,17,26H,8,12,24H2,1-4H3. The number of methoxy groups -OCH3 is 4. The minimum Gasteiger partial charge on any atom is -0.496 e. The topological polar surface area (TPSA) is 113 Å². The third kappa shape index (κ3) is 4.69. The van der Waals surface area contributed by atoms with Gasteiger partial charge in [0.25, 0.3) is 0 Å². The maximum atomic E-state index is 12.3. The van der Waals surface area contributed by atoms with E-state index in [0.29, 0.717) is 28.6 Å². The summed E-state index contributed by atoms with van der Waals surface area (Å²) in [5, 5.41) is 9.19. The van der Waals surface area contributed by atoms with E-state index in [-0.39, 0.29) is 12.2 Å². The van der Waals surface area contributed by atoms with E-state index in [4.69, 9.17) is 24.7 Å². The van der Waals surface area contributed by atoms with E-state index in [9.17, 15) is 9.90 Å². The van der Waals surface area contributed by atoms with E-state index in [0.717, 1.165) is 21.6 Å².